The number of benzene rings is 2. The van der Waals surface area contributed by atoms with E-state index in [9.17, 15) is 14.7 Å². The molecular formula is C21H15N3O3. The van der Waals surface area contributed by atoms with Crippen molar-refractivity contribution in [3.05, 3.63) is 83.2 Å². The van der Waals surface area contributed by atoms with Crippen LogP contribution < -0.4 is 5.32 Å². The number of aromatic nitrogens is 1. The van der Waals surface area contributed by atoms with Crippen molar-refractivity contribution in [2.24, 2.45) is 0 Å². The molecule has 27 heavy (non-hydrogen) atoms. The number of carbonyl (C=O) groups is 2. The third-order valence-corrected chi connectivity index (χ3v) is 4.73. The van der Waals surface area contributed by atoms with Gasteiger partial charge in [0, 0.05) is 24.2 Å². The molecule has 6 nitrogen and oxygen atoms in total. The molecule has 0 radical (unpaired) electrons. The summed E-state index contributed by atoms with van der Waals surface area (Å²) >= 11 is 0. The van der Waals surface area contributed by atoms with Crippen molar-refractivity contribution in [2.45, 2.75) is 12.3 Å². The maximum absolute atomic E-state index is 12.3. The SMILES string of the molecule is N#Cc1ccc(C2CC(=O)Nc3c(C(=O)O)cn(-c4ccccc4)c32)cc1. The van der Waals surface area contributed by atoms with Crippen molar-refractivity contribution in [3.8, 4) is 11.8 Å². The van der Waals surface area contributed by atoms with Crippen LogP contribution in [0.15, 0.2) is 60.8 Å². The van der Waals surface area contributed by atoms with E-state index >= 15 is 0 Å². The van der Waals surface area contributed by atoms with Crippen LogP contribution in [0.4, 0.5) is 5.69 Å². The molecule has 0 saturated heterocycles. The Morgan fingerprint density at radius 2 is 1.85 bits per heavy atom. The Hall–Kier alpha value is -3.85. The predicted molar refractivity (Wildman–Crippen MR) is 99.0 cm³/mol. The van der Waals surface area contributed by atoms with Gasteiger partial charge in [0.1, 0.15) is 5.56 Å². The number of rotatable bonds is 3. The lowest BCUT2D eigenvalue weighted by atomic mass is 9.88. The van der Waals surface area contributed by atoms with Gasteiger partial charge >= 0.3 is 5.97 Å². The molecule has 3 aromatic rings. The van der Waals surface area contributed by atoms with Gasteiger partial charge in [-0.25, -0.2) is 4.79 Å². The average Bonchev–Trinajstić information content (AvgIpc) is 3.08. The highest BCUT2D eigenvalue weighted by Crippen LogP contribution is 2.41. The van der Waals surface area contributed by atoms with Gasteiger partial charge in [0.05, 0.1) is 23.0 Å². The van der Waals surface area contributed by atoms with Gasteiger partial charge in [0.2, 0.25) is 5.91 Å². The Balaban J connectivity index is 1.94. The third kappa shape index (κ3) is 2.85. The van der Waals surface area contributed by atoms with E-state index in [1.54, 1.807) is 18.3 Å². The Morgan fingerprint density at radius 1 is 1.15 bits per heavy atom. The average molecular weight is 357 g/mol. The summed E-state index contributed by atoms with van der Waals surface area (Å²) < 4.78 is 1.82. The lowest BCUT2D eigenvalue weighted by molar-refractivity contribution is -0.116. The minimum absolute atomic E-state index is 0.0561. The number of carbonyl (C=O) groups excluding carboxylic acids is 1. The fourth-order valence-electron chi connectivity index (χ4n) is 3.50. The van der Waals surface area contributed by atoms with Crippen LogP contribution in [0.3, 0.4) is 0 Å². The Bertz CT molecular complexity index is 1080. The summed E-state index contributed by atoms with van der Waals surface area (Å²) in [5.74, 6) is -1.64. The first kappa shape index (κ1) is 16.6. The summed E-state index contributed by atoms with van der Waals surface area (Å²) in [6.07, 6.45) is 1.75. The molecule has 1 unspecified atom stereocenters. The van der Waals surface area contributed by atoms with Crippen molar-refractivity contribution in [2.75, 3.05) is 5.32 Å². The van der Waals surface area contributed by atoms with Gasteiger partial charge in [-0.15, -0.1) is 0 Å². The first-order chi connectivity index (χ1) is 13.1. The van der Waals surface area contributed by atoms with Crippen LogP contribution in [0.1, 0.15) is 39.5 Å². The summed E-state index contributed by atoms with van der Waals surface area (Å²) in [4.78, 5) is 24.0. The number of nitriles is 1. The second-order valence-corrected chi connectivity index (χ2v) is 6.35. The van der Waals surface area contributed by atoms with Crippen LogP contribution >= 0.6 is 0 Å². The molecule has 2 N–H and O–H groups in total. The molecule has 6 heteroatoms. The van der Waals surface area contributed by atoms with Gasteiger partial charge in [-0.2, -0.15) is 5.26 Å². The first-order valence-corrected chi connectivity index (χ1v) is 8.42. The molecule has 1 atom stereocenters. The Morgan fingerprint density at radius 3 is 2.48 bits per heavy atom. The number of hydrogen-bond donors (Lipinski definition) is 2. The number of hydrogen-bond acceptors (Lipinski definition) is 3. The third-order valence-electron chi connectivity index (χ3n) is 4.73. The smallest absolute Gasteiger partial charge is 0.339 e. The number of nitrogens with zero attached hydrogens (tertiary/aromatic N) is 2. The highest BCUT2D eigenvalue weighted by molar-refractivity contribution is 6.04. The monoisotopic (exact) mass is 357 g/mol. The maximum atomic E-state index is 12.3. The molecule has 2 aromatic carbocycles. The van der Waals surface area contributed by atoms with Crippen molar-refractivity contribution >= 4 is 17.6 Å². The molecule has 2 heterocycles. The molecule has 132 valence electrons. The summed E-state index contributed by atoms with van der Waals surface area (Å²) in [5, 5.41) is 21.4. The van der Waals surface area contributed by atoms with Gasteiger partial charge in [-0.05, 0) is 29.8 Å². The summed E-state index contributed by atoms with van der Waals surface area (Å²) in [5.41, 5.74) is 3.32. The highest BCUT2D eigenvalue weighted by atomic mass is 16.4. The minimum Gasteiger partial charge on any atom is -0.478 e. The van der Waals surface area contributed by atoms with Crippen LogP contribution in [-0.2, 0) is 4.79 Å². The molecule has 1 amide bonds. The predicted octanol–water partition coefficient (Wildman–Crippen LogP) is 3.52. The largest absolute Gasteiger partial charge is 0.478 e. The van der Waals surface area contributed by atoms with Crippen LogP contribution in [0.2, 0.25) is 0 Å². The number of carboxylic acid groups (broad SMARTS) is 1. The van der Waals surface area contributed by atoms with Crippen LogP contribution in [0.25, 0.3) is 5.69 Å². The van der Waals surface area contributed by atoms with Crippen molar-refractivity contribution in [3.63, 3.8) is 0 Å². The molecular weight excluding hydrogens is 342 g/mol. The lowest BCUT2D eigenvalue weighted by Gasteiger charge is -2.26. The highest BCUT2D eigenvalue weighted by Gasteiger charge is 2.34. The lowest BCUT2D eigenvalue weighted by Crippen LogP contribution is -2.25. The van der Waals surface area contributed by atoms with Crippen LogP contribution in [0.5, 0.6) is 0 Å². The van der Waals surface area contributed by atoms with E-state index in [4.69, 9.17) is 5.26 Å². The van der Waals surface area contributed by atoms with Crippen LogP contribution in [-0.4, -0.2) is 21.6 Å². The van der Waals surface area contributed by atoms with E-state index in [-0.39, 0.29) is 23.8 Å². The van der Waals surface area contributed by atoms with E-state index in [1.807, 2.05) is 47.0 Å². The number of para-hydroxylation sites is 1. The molecule has 0 fully saturated rings. The van der Waals surface area contributed by atoms with E-state index in [0.29, 0.717) is 11.3 Å². The molecule has 1 aromatic heterocycles. The van der Waals surface area contributed by atoms with Gasteiger partial charge in [0.15, 0.2) is 0 Å². The second kappa shape index (κ2) is 6.46. The number of carboxylic acids is 1. The molecule has 1 aliphatic heterocycles. The van der Waals surface area contributed by atoms with Gasteiger partial charge in [-0.3, -0.25) is 4.79 Å². The number of fused-ring (bicyclic) bond motifs is 1. The summed E-state index contributed by atoms with van der Waals surface area (Å²) in [6.45, 7) is 0. The standard InChI is InChI=1S/C21H15N3O3/c22-11-13-6-8-14(9-7-13)16-10-18(25)23-19-17(21(26)27)12-24(20(16)19)15-4-2-1-3-5-15/h1-9,12,16H,10H2,(H,23,25)(H,26,27). The zero-order valence-corrected chi connectivity index (χ0v) is 14.2. The quantitative estimate of drug-likeness (QED) is 0.750. The van der Waals surface area contributed by atoms with Crippen molar-refractivity contribution in [1.29, 1.82) is 5.26 Å². The zero-order chi connectivity index (χ0) is 19.0. The molecule has 0 aliphatic carbocycles. The molecule has 4 rings (SSSR count). The first-order valence-electron chi connectivity index (χ1n) is 8.42. The van der Waals surface area contributed by atoms with Gasteiger partial charge < -0.3 is 15.0 Å². The zero-order valence-electron chi connectivity index (χ0n) is 14.2. The van der Waals surface area contributed by atoms with E-state index in [2.05, 4.69) is 11.4 Å². The molecule has 0 spiro atoms. The van der Waals surface area contributed by atoms with Gasteiger partial charge in [0.25, 0.3) is 0 Å². The fourth-order valence-corrected chi connectivity index (χ4v) is 3.50. The number of amides is 1. The Labute approximate surface area is 155 Å². The second-order valence-electron chi connectivity index (χ2n) is 6.35. The van der Waals surface area contributed by atoms with E-state index in [1.165, 1.54) is 0 Å². The van der Waals surface area contributed by atoms with Crippen molar-refractivity contribution < 1.29 is 14.7 Å². The molecule has 0 bridgehead atoms. The molecule has 0 saturated carbocycles. The van der Waals surface area contributed by atoms with Crippen LogP contribution in [0, 0.1) is 11.3 Å². The summed E-state index contributed by atoms with van der Waals surface area (Å²) in [7, 11) is 0. The molecule has 1 aliphatic rings. The van der Waals surface area contributed by atoms with Gasteiger partial charge in [-0.1, -0.05) is 30.3 Å². The number of anilines is 1. The fraction of sp³-hybridized carbons (Fsp3) is 0.0952. The maximum Gasteiger partial charge on any atom is 0.339 e. The number of aromatic carboxylic acids is 1. The number of nitrogens with one attached hydrogen (secondary N) is 1. The topological polar surface area (TPSA) is 95.1 Å². The minimum atomic E-state index is -1.10. The normalized spacial score (nSPS) is 15.5. The summed E-state index contributed by atoms with van der Waals surface area (Å²) in [6, 6.07) is 18.5. The van der Waals surface area contributed by atoms with Crippen molar-refractivity contribution in [1.82, 2.24) is 4.57 Å². The van der Waals surface area contributed by atoms with E-state index < -0.39 is 5.97 Å². The van der Waals surface area contributed by atoms with E-state index in [0.717, 1.165) is 16.9 Å². The Kier molecular flexibility index (Phi) is 3.98.